The Balaban J connectivity index is 2.05. The minimum absolute atomic E-state index is 0.00605. The third kappa shape index (κ3) is 5.45. The fourth-order valence-electron chi connectivity index (χ4n) is 7.18. The van der Waals surface area contributed by atoms with Gasteiger partial charge in [0.05, 0.1) is 16.6 Å². The summed E-state index contributed by atoms with van der Waals surface area (Å²) in [6.07, 6.45) is 9.24. The number of amides is 3. The van der Waals surface area contributed by atoms with Crippen LogP contribution in [0.3, 0.4) is 0 Å². The summed E-state index contributed by atoms with van der Waals surface area (Å²) < 4.78 is -0.604. The van der Waals surface area contributed by atoms with Gasteiger partial charge in [-0.15, -0.1) is 24.9 Å². The van der Waals surface area contributed by atoms with E-state index in [1.54, 1.807) is 23.9 Å². The zero-order valence-electron chi connectivity index (χ0n) is 23.9. The number of aliphatic hydroxyl groups is 1. The molecule has 0 radical (unpaired) electrons. The van der Waals surface area contributed by atoms with E-state index in [0.717, 1.165) is 38.5 Å². The van der Waals surface area contributed by atoms with Crippen molar-refractivity contribution in [3.63, 3.8) is 0 Å². The molecule has 4 unspecified atom stereocenters. The number of fused-ring (bicyclic) bond motifs is 1. The first-order valence-electron chi connectivity index (χ1n) is 14.6. The van der Waals surface area contributed by atoms with Crippen LogP contribution in [0, 0.1) is 17.8 Å². The molecular formula is C30H49N3O4S. The van der Waals surface area contributed by atoms with Gasteiger partial charge >= 0.3 is 0 Å². The van der Waals surface area contributed by atoms with E-state index in [1.807, 2.05) is 14.7 Å². The van der Waals surface area contributed by atoms with Gasteiger partial charge in [0, 0.05) is 44.1 Å². The van der Waals surface area contributed by atoms with Gasteiger partial charge in [-0.2, -0.15) is 0 Å². The van der Waals surface area contributed by atoms with Gasteiger partial charge in [0.25, 0.3) is 0 Å². The largest absolute Gasteiger partial charge is 0.396 e. The average Bonchev–Trinajstić information content (AvgIpc) is 3.48. The zero-order valence-corrected chi connectivity index (χ0v) is 24.8. The molecule has 3 aliphatic heterocycles. The lowest BCUT2D eigenvalue weighted by molar-refractivity contribution is -0.145. The molecule has 214 valence electrons. The monoisotopic (exact) mass is 547 g/mol. The molecule has 7 atom stereocenters. The molecule has 1 N–H and O–H groups in total. The van der Waals surface area contributed by atoms with Gasteiger partial charge in [-0.1, -0.05) is 39.3 Å². The van der Waals surface area contributed by atoms with E-state index in [1.165, 1.54) is 0 Å². The lowest BCUT2D eigenvalue weighted by Gasteiger charge is -2.42. The summed E-state index contributed by atoms with van der Waals surface area (Å²) in [7, 11) is 0. The lowest BCUT2D eigenvalue weighted by atomic mass is 9.65. The predicted molar refractivity (Wildman–Crippen MR) is 155 cm³/mol. The highest BCUT2D eigenvalue weighted by Crippen LogP contribution is 2.69. The second-order valence-corrected chi connectivity index (χ2v) is 12.9. The smallest absolute Gasteiger partial charge is 0.247 e. The number of unbranched alkanes of at least 4 members (excludes halogenated alkanes) is 2. The average molecular weight is 548 g/mol. The molecule has 0 aromatic rings. The second kappa shape index (κ2) is 13.5. The Kier molecular flexibility index (Phi) is 10.9. The first kappa shape index (κ1) is 30.7. The molecule has 7 nitrogen and oxygen atoms in total. The molecule has 1 spiro atoms. The van der Waals surface area contributed by atoms with Crippen LogP contribution in [0.4, 0.5) is 0 Å². The summed E-state index contributed by atoms with van der Waals surface area (Å²) in [5.74, 6) is -0.756. The van der Waals surface area contributed by atoms with Gasteiger partial charge < -0.3 is 19.8 Å². The maximum absolute atomic E-state index is 14.5. The van der Waals surface area contributed by atoms with Crippen molar-refractivity contribution in [3.05, 3.63) is 25.3 Å². The first-order chi connectivity index (χ1) is 18.2. The van der Waals surface area contributed by atoms with Crippen LogP contribution >= 0.6 is 11.8 Å². The summed E-state index contributed by atoms with van der Waals surface area (Å²) in [6, 6.07) is -0.550. The van der Waals surface area contributed by atoms with Crippen molar-refractivity contribution in [2.75, 3.05) is 32.8 Å². The number of hydrogen-bond donors (Lipinski definition) is 1. The summed E-state index contributed by atoms with van der Waals surface area (Å²) in [5, 5.41) is 9.32. The Morgan fingerprint density at radius 1 is 1.16 bits per heavy atom. The molecule has 0 aromatic heterocycles. The highest BCUT2D eigenvalue weighted by atomic mass is 32.2. The molecule has 3 saturated heterocycles. The number of likely N-dealkylation sites (tertiary alicyclic amines) is 1. The Morgan fingerprint density at radius 3 is 2.47 bits per heavy atom. The van der Waals surface area contributed by atoms with E-state index in [-0.39, 0.29) is 41.5 Å². The molecule has 3 aliphatic rings. The Hall–Kier alpha value is -1.80. The molecule has 3 heterocycles. The van der Waals surface area contributed by atoms with Crippen LogP contribution in [0.15, 0.2) is 25.3 Å². The van der Waals surface area contributed by atoms with Gasteiger partial charge in [0.2, 0.25) is 17.7 Å². The van der Waals surface area contributed by atoms with Gasteiger partial charge in [0.15, 0.2) is 0 Å². The number of nitrogens with zero attached hydrogens (tertiary/aromatic N) is 3. The van der Waals surface area contributed by atoms with Crippen LogP contribution in [0.2, 0.25) is 0 Å². The number of carbonyl (C=O) groups is 3. The number of hydrogen-bond acceptors (Lipinski definition) is 5. The highest BCUT2D eigenvalue weighted by molar-refractivity contribution is 8.02. The van der Waals surface area contributed by atoms with Crippen molar-refractivity contribution >= 4 is 29.5 Å². The van der Waals surface area contributed by atoms with Gasteiger partial charge in [-0.3, -0.25) is 14.4 Å². The van der Waals surface area contributed by atoms with Crippen LogP contribution in [0.25, 0.3) is 0 Å². The van der Waals surface area contributed by atoms with Gasteiger partial charge in [-0.25, -0.2) is 0 Å². The zero-order chi connectivity index (χ0) is 28.0. The van der Waals surface area contributed by atoms with Gasteiger partial charge in [-0.05, 0) is 51.4 Å². The molecule has 3 amide bonds. The van der Waals surface area contributed by atoms with Crippen molar-refractivity contribution in [1.82, 2.24) is 14.7 Å². The summed E-state index contributed by atoms with van der Waals surface area (Å²) in [5.41, 5.74) is 0. The summed E-state index contributed by atoms with van der Waals surface area (Å²) >= 11 is 1.75. The minimum Gasteiger partial charge on any atom is -0.396 e. The van der Waals surface area contributed by atoms with Crippen LogP contribution < -0.4 is 0 Å². The third-order valence-electron chi connectivity index (χ3n) is 8.82. The third-order valence-corrected chi connectivity index (χ3v) is 10.9. The molecule has 3 fully saturated rings. The number of rotatable bonds is 16. The quantitative estimate of drug-likeness (QED) is 0.232. The maximum Gasteiger partial charge on any atom is 0.247 e. The van der Waals surface area contributed by atoms with E-state index in [4.69, 9.17) is 0 Å². The van der Waals surface area contributed by atoms with Crippen molar-refractivity contribution < 1.29 is 19.5 Å². The maximum atomic E-state index is 14.5. The molecule has 0 saturated carbocycles. The normalized spacial score (nSPS) is 30.3. The highest BCUT2D eigenvalue weighted by Gasteiger charge is 2.76. The summed E-state index contributed by atoms with van der Waals surface area (Å²) in [6.45, 7) is 18.3. The Morgan fingerprint density at radius 2 is 1.87 bits per heavy atom. The van der Waals surface area contributed by atoms with Crippen molar-refractivity contribution in [2.24, 2.45) is 17.8 Å². The summed E-state index contributed by atoms with van der Waals surface area (Å²) in [4.78, 5) is 48.4. The number of aliphatic hydroxyl groups excluding tert-OH is 1. The number of thioether (sulfide) groups is 1. The van der Waals surface area contributed by atoms with Crippen molar-refractivity contribution in [1.29, 1.82) is 0 Å². The fourth-order valence-corrected chi connectivity index (χ4v) is 9.59. The Labute approximate surface area is 234 Å². The van der Waals surface area contributed by atoms with Crippen LogP contribution in [-0.2, 0) is 14.4 Å². The van der Waals surface area contributed by atoms with E-state index >= 15 is 0 Å². The lowest BCUT2D eigenvalue weighted by Crippen LogP contribution is -2.58. The van der Waals surface area contributed by atoms with Gasteiger partial charge in [0.1, 0.15) is 6.04 Å². The van der Waals surface area contributed by atoms with E-state index < -0.39 is 22.6 Å². The van der Waals surface area contributed by atoms with Crippen molar-refractivity contribution in [2.45, 2.75) is 94.7 Å². The van der Waals surface area contributed by atoms with Crippen molar-refractivity contribution in [3.8, 4) is 0 Å². The molecule has 2 bridgehead atoms. The standard InChI is InChI=1S/C30H49N3O4S/c1-7-14-22(6)32(17-10-4)29(37)26-30-21(5)20-23(38-30)24(27(35)31(15-8-2)16-9-3)25(30)28(36)33(26)18-12-11-13-19-34/h8,10,21-26,34H,2,4,7,9,11-20H2,1,3,5-6H3/t21?,22?,23-,24+,25-,26?,30?/m0/s1. The molecule has 0 aromatic carbocycles. The minimum atomic E-state index is -0.604. The van der Waals surface area contributed by atoms with E-state index in [2.05, 4.69) is 40.9 Å². The fraction of sp³-hybridized carbons (Fsp3) is 0.767. The van der Waals surface area contributed by atoms with Crippen LogP contribution in [0.5, 0.6) is 0 Å². The molecule has 8 heteroatoms. The topological polar surface area (TPSA) is 81.2 Å². The molecule has 0 aliphatic carbocycles. The molecule has 38 heavy (non-hydrogen) atoms. The first-order valence-corrected chi connectivity index (χ1v) is 15.5. The van der Waals surface area contributed by atoms with E-state index in [9.17, 15) is 19.5 Å². The second-order valence-electron chi connectivity index (χ2n) is 11.4. The van der Waals surface area contributed by atoms with E-state index in [0.29, 0.717) is 32.6 Å². The SMILES string of the molecule is C=CCN(CCC)C(=O)[C@@H]1[C@@H]2CC(C)C3(S2)C(C(=O)N(CC=C)C(C)CCC)N(CCCCCO)C(=O)[C@H]13. The Bertz CT molecular complexity index is 882. The predicted octanol–water partition coefficient (Wildman–Crippen LogP) is 4.11. The van der Waals surface area contributed by atoms with Crippen LogP contribution in [0.1, 0.15) is 72.6 Å². The molecular weight excluding hydrogens is 498 g/mol. The van der Waals surface area contributed by atoms with Crippen LogP contribution in [-0.4, -0.2) is 92.4 Å². The molecule has 3 rings (SSSR count). The number of carbonyl (C=O) groups excluding carboxylic acids is 3.